The molecule has 2 aromatic carbocycles. The quantitative estimate of drug-likeness (QED) is 0.645. The van der Waals surface area contributed by atoms with Crippen LogP contribution in [0.1, 0.15) is 17.3 Å². The number of amides is 1. The summed E-state index contributed by atoms with van der Waals surface area (Å²) in [4.78, 5) is 24.4. The minimum Gasteiger partial charge on any atom is -0.449 e. The number of esters is 1. The molecule has 3 rings (SSSR count). The van der Waals surface area contributed by atoms with E-state index in [0.29, 0.717) is 11.3 Å². The van der Waals surface area contributed by atoms with Crippen LogP contribution in [-0.2, 0) is 9.53 Å². The maximum Gasteiger partial charge on any atom is 0.338 e. The topological polar surface area (TPSA) is 73.2 Å². The number of nitrogens with one attached hydrogen (secondary N) is 1. The summed E-state index contributed by atoms with van der Waals surface area (Å²) in [5.74, 6) is -0.960. The molecule has 1 atom stereocenters. The normalized spacial score (nSPS) is 11.6. The molecule has 0 unspecified atom stereocenters. The number of ether oxygens (including phenoxy) is 1. The molecule has 0 fully saturated rings. The Kier molecular flexibility index (Phi) is 5.48. The van der Waals surface area contributed by atoms with E-state index in [1.54, 1.807) is 53.3 Å². The van der Waals surface area contributed by atoms with E-state index in [0.717, 1.165) is 10.2 Å². The number of benzene rings is 2. The van der Waals surface area contributed by atoms with Crippen molar-refractivity contribution in [2.45, 2.75) is 13.0 Å². The van der Waals surface area contributed by atoms with Crippen LogP contribution in [0.15, 0.2) is 71.5 Å². The van der Waals surface area contributed by atoms with Crippen molar-refractivity contribution in [3.05, 3.63) is 77.0 Å². The highest BCUT2D eigenvalue weighted by Gasteiger charge is 2.19. The molecule has 6 nitrogen and oxygen atoms in total. The first-order valence-corrected chi connectivity index (χ1v) is 8.70. The molecule has 3 aromatic rings. The lowest BCUT2D eigenvalue weighted by atomic mass is 10.2. The zero-order valence-electron chi connectivity index (χ0n) is 13.9. The standard InChI is InChI=1S/C19H16BrN3O3/c1-13(18(24)22-16-5-2-4-15(20)12-16)26-19(25)14-6-8-17(9-7-14)23-11-3-10-21-23/h2-13H,1H3,(H,22,24)/t13-/m0/s1. The monoisotopic (exact) mass is 413 g/mol. The third kappa shape index (κ3) is 4.37. The van der Waals surface area contributed by atoms with Gasteiger partial charge in [-0.15, -0.1) is 0 Å². The van der Waals surface area contributed by atoms with E-state index in [9.17, 15) is 9.59 Å². The van der Waals surface area contributed by atoms with Gasteiger partial charge in [0.25, 0.3) is 5.91 Å². The van der Waals surface area contributed by atoms with E-state index in [4.69, 9.17) is 4.74 Å². The van der Waals surface area contributed by atoms with Gasteiger partial charge in [-0.3, -0.25) is 4.79 Å². The van der Waals surface area contributed by atoms with Crippen molar-refractivity contribution < 1.29 is 14.3 Å². The number of carbonyl (C=O) groups excluding carboxylic acids is 2. The van der Waals surface area contributed by atoms with Crippen LogP contribution in [0.4, 0.5) is 5.69 Å². The Morgan fingerprint density at radius 1 is 1.15 bits per heavy atom. The zero-order chi connectivity index (χ0) is 18.5. The smallest absolute Gasteiger partial charge is 0.338 e. The van der Waals surface area contributed by atoms with E-state index in [1.165, 1.54) is 6.92 Å². The van der Waals surface area contributed by atoms with Gasteiger partial charge in [0.15, 0.2) is 6.10 Å². The second kappa shape index (κ2) is 7.97. The SMILES string of the molecule is C[C@H](OC(=O)c1ccc(-n2cccn2)cc1)C(=O)Nc1cccc(Br)c1. The van der Waals surface area contributed by atoms with Crippen LogP contribution in [-0.4, -0.2) is 27.8 Å². The Morgan fingerprint density at radius 3 is 2.58 bits per heavy atom. The third-order valence-electron chi connectivity index (χ3n) is 3.62. The zero-order valence-corrected chi connectivity index (χ0v) is 15.5. The van der Waals surface area contributed by atoms with Gasteiger partial charge in [0.1, 0.15) is 0 Å². The molecule has 1 aromatic heterocycles. The maximum absolute atomic E-state index is 12.2. The predicted molar refractivity (Wildman–Crippen MR) is 101 cm³/mol. The molecule has 1 N–H and O–H groups in total. The van der Waals surface area contributed by atoms with E-state index in [-0.39, 0.29) is 0 Å². The van der Waals surface area contributed by atoms with Crippen molar-refractivity contribution in [2.24, 2.45) is 0 Å². The highest BCUT2D eigenvalue weighted by atomic mass is 79.9. The van der Waals surface area contributed by atoms with Crippen molar-refractivity contribution in [2.75, 3.05) is 5.32 Å². The molecule has 0 saturated carbocycles. The molecule has 1 amide bonds. The Morgan fingerprint density at radius 2 is 1.92 bits per heavy atom. The van der Waals surface area contributed by atoms with Crippen LogP contribution in [0.25, 0.3) is 5.69 Å². The van der Waals surface area contributed by atoms with Crippen molar-refractivity contribution in [1.29, 1.82) is 0 Å². The Balaban J connectivity index is 1.60. The molecular weight excluding hydrogens is 398 g/mol. The van der Waals surface area contributed by atoms with Gasteiger partial charge in [0.2, 0.25) is 0 Å². The predicted octanol–water partition coefficient (Wildman–Crippen LogP) is 3.82. The van der Waals surface area contributed by atoms with Crippen LogP contribution < -0.4 is 5.32 Å². The summed E-state index contributed by atoms with van der Waals surface area (Å²) in [5, 5.41) is 6.83. The molecule has 0 aliphatic heterocycles. The van der Waals surface area contributed by atoms with Gasteiger partial charge in [-0.2, -0.15) is 5.10 Å². The summed E-state index contributed by atoms with van der Waals surface area (Å²) >= 11 is 3.34. The Labute approximate surface area is 158 Å². The number of hydrogen-bond donors (Lipinski definition) is 1. The fourth-order valence-electron chi connectivity index (χ4n) is 2.26. The van der Waals surface area contributed by atoms with Gasteiger partial charge >= 0.3 is 5.97 Å². The summed E-state index contributed by atoms with van der Waals surface area (Å²) in [6.45, 7) is 1.53. The average molecular weight is 414 g/mol. The van der Waals surface area contributed by atoms with E-state index >= 15 is 0 Å². The van der Waals surface area contributed by atoms with Crippen LogP contribution in [0.3, 0.4) is 0 Å². The largest absolute Gasteiger partial charge is 0.449 e. The van der Waals surface area contributed by atoms with Gasteiger partial charge in [-0.05, 0) is 55.5 Å². The van der Waals surface area contributed by atoms with Crippen molar-refractivity contribution >= 4 is 33.5 Å². The number of hydrogen-bond acceptors (Lipinski definition) is 4. The third-order valence-corrected chi connectivity index (χ3v) is 4.11. The number of rotatable bonds is 5. The lowest BCUT2D eigenvalue weighted by Crippen LogP contribution is -2.30. The number of aromatic nitrogens is 2. The first-order valence-electron chi connectivity index (χ1n) is 7.90. The van der Waals surface area contributed by atoms with Gasteiger partial charge in [-0.25, -0.2) is 9.48 Å². The van der Waals surface area contributed by atoms with Gasteiger partial charge in [-0.1, -0.05) is 22.0 Å². The number of halogens is 1. The van der Waals surface area contributed by atoms with E-state index < -0.39 is 18.0 Å². The first-order chi connectivity index (χ1) is 12.5. The fraction of sp³-hybridized carbons (Fsp3) is 0.105. The van der Waals surface area contributed by atoms with E-state index in [2.05, 4.69) is 26.3 Å². The van der Waals surface area contributed by atoms with Crippen LogP contribution >= 0.6 is 15.9 Å². The molecule has 0 spiro atoms. The second-order valence-corrected chi connectivity index (χ2v) is 6.46. The molecule has 132 valence electrons. The van der Waals surface area contributed by atoms with Crippen molar-refractivity contribution in [3.63, 3.8) is 0 Å². The van der Waals surface area contributed by atoms with Gasteiger partial charge in [0.05, 0.1) is 11.3 Å². The van der Waals surface area contributed by atoms with E-state index in [1.807, 2.05) is 18.3 Å². The van der Waals surface area contributed by atoms with Gasteiger partial charge in [0, 0.05) is 22.6 Å². The minimum atomic E-state index is -0.924. The molecular formula is C19H16BrN3O3. The van der Waals surface area contributed by atoms with Crippen LogP contribution in [0.5, 0.6) is 0 Å². The van der Waals surface area contributed by atoms with Crippen molar-refractivity contribution in [1.82, 2.24) is 9.78 Å². The fourth-order valence-corrected chi connectivity index (χ4v) is 2.66. The highest BCUT2D eigenvalue weighted by molar-refractivity contribution is 9.10. The lowest BCUT2D eigenvalue weighted by molar-refractivity contribution is -0.123. The molecule has 0 radical (unpaired) electrons. The first kappa shape index (κ1) is 17.9. The number of carbonyl (C=O) groups is 2. The second-order valence-electron chi connectivity index (χ2n) is 5.54. The molecule has 0 saturated heterocycles. The van der Waals surface area contributed by atoms with Crippen molar-refractivity contribution in [3.8, 4) is 5.69 Å². The van der Waals surface area contributed by atoms with Crippen LogP contribution in [0.2, 0.25) is 0 Å². The molecule has 7 heteroatoms. The molecule has 0 bridgehead atoms. The summed E-state index contributed by atoms with van der Waals surface area (Å²) in [5.41, 5.74) is 1.81. The summed E-state index contributed by atoms with van der Waals surface area (Å²) in [6.07, 6.45) is 2.56. The Bertz CT molecular complexity index is 908. The molecule has 1 heterocycles. The van der Waals surface area contributed by atoms with Crippen LogP contribution in [0, 0.1) is 0 Å². The Hall–Kier alpha value is -2.93. The summed E-state index contributed by atoms with van der Waals surface area (Å²) in [7, 11) is 0. The minimum absolute atomic E-state index is 0.364. The summed E-state index contributed by atoms with van der Waals surface area (Å²) < 4.78 is 7.77. The van der Waals surface area contributed by atoms with Gasteiger partial charge < -0.3 is 10.1 Å². The summed E-state index contributed by atoms with van der Waals surface area (Å²) in [6, 6.07) is 15.8. The molecule has 26 heavy (non-hydrogen) atoms. The maximum atomic E-state index is 12.2. The average Bonchev–Trinajstić information content (AvgIpc) is 3.16. The number of anilines is 1. The molecule has 0 aliphatic carbocycles. The number of nitrogens with zero attached hydrogens (tertiary/aromatic N) is 2. The highest BCUT2D eigenvalue weighted by Crippen LogP contribution is 2.16. The lowest BCUT2D eigenvalue weighted by Gasteiger charge is -2.14. The molecule has 0 aliphatic rings.